The fourth-order valence-electron chi connectivity index (χ4n) is 2.18. The molecule has 0 saturated heterocycles. The lowest BCUT2D eigenvalue weighted by atomic mass is 10.1. The highest BCUT2D eigenvalue weighted by Crippen LogP contribution is 2.31. The lowest BCUT2D eigenvalue weighted by molar-refractivity contribution is 0.566. The molecular formula is C16H17BrF2N2. The van der Waals surface area contributed by atoms with Gasteiger partial charge >= 0.3 is 0 Å². The van der Waals surface area contributed by atoms with Gasteiger partial charge in [0.25, 0.3) is 0 Å². The molecule has 2 aromatic carbocycles. The van der Waals surface area contributed by atoms with Crippen LogP contribution < -0.4 is 10.2 Å². The Labute approximate surface area is 131 Å². The highest BCUT2D eigenvalue weighted by Gasteiger charge is 2.14. The second-order valence-corrected chi connectivity index (χ2v) is 6.00. The second-order valence-electron chi connectivity index (χ2n) is 5.09. The highest BCUT2D eigenvalue weighted by atomic mass is 79.9. The third-order valence-electron chi connectivity index (χ3n) is 3.24. The van der Waals surface area contributed by atoms with Crippen molar-refractivity contribution in [3.63, 3.8) is 0 Å². The van der Waals surface area contributed by atoms with Gasteiger partial charge in [0.05, 0.1) is 17.4 Å². The van der Waals surface area contributed by atoms with Crippen molar-refractivity contribution in [2.24, 2.45) is 0 Å². The number of hydrogen-bond donors (Lipinski definition) is 1. The van der Waals surface area contributed by atoms with E-state index in [2.05, 4.69) is 21.2 Å². The minimum Gasteiger partial charge on any atom is -0.377 e. The van der Waals surface area contributed by atoms with Gasteiger partial charge in [0, 0.05) is 30.2 Å². The topological polar surface area (TPSA) is 15.3 Å². The first kappa shape index (κ1) is 15.8. The maximum atomic E-state index is 13.8. The largest absolute Gasteiger partial charge is 0.377 e. The summed E-state index contributed by atoms with van der Waals surface area (Å²) in [7, 11) is 3.88. The van der Waals surface area contributed by atoms with Crippen LogP contribution >= 0.6 is 15.9 Å². The molecule has 0 fully saturated rings. The molecule has 21 heavy (non-hydrogen) atoms. The summed E-state index contributed by atoms with van der Waals surface area (Å²) in [5.74, 6) is -1.11. The maximum absolute atomic E-state index is 13.8. The van der Waals surface area contributed by atoms with Crippen LogP contribution in [0.3, 0.4) is 0 Å². The molecule has 0 bridgehead atoms. The summed E-state index contributed by atoms with van der Waals surface area (Å²) < 4.78 is 27.8. The Balaban J connectivity index is 2.31. The van der Waals surface area contributed by atoms with E-state index in [1.807, 2.05) is 44.1 Å². The van der Waals surface area contributed by atoms with Crippen molar-refractivity contribution < 1.29 is 8.78 Å². The van der Waals surface area contributed by atoms with Gasteiger partial charge < -0.3 is 10.2 Å². The summed E-state index contributed by atoms with van der Waals surface area (Å²) in [6.07, 6.45) is 0. The van der Waals surface area contributed by atoms with Gasteiger partial charge in [-0.15, -0.1) is 0 Å². The van der Waals surface area contributed by atoms with Crippen LogP contribution in [0.4, 0.5) is 20.2 Å². The number of hydrogen-bond acceptors (Lipinski definition) is 2. The SMILES string of the molecule is CC(Nc1cc(Br)ccc1N(C)C)c1ccc(F)cc1F. The van der Waals surface area contributed by atoms with Crippen molar-refractivity contribution in [1.29, 1.82) is 0 Å². The Morgan fingerprint density at radius 3 is 2.43 bits per heavy atom. The average Bonchev–Trinajstić information content (AvgIpc) is 2.37. The van der Waals surface area contributed by atoms with Gasteiger partial charge in [-0.3, -0.25) is 0 Å². The Morgan fingerprint density at radius 1 is 1.10 bits per heavy atom. The number of halogens is 3. The molecule has 0 aliphatic rings. The lowest BCUT2D eigenvalue weighted by Gasteiger charge is -2.22. The van der Waals surface area contributed by atoms with Crippen LogP contribution in [0, 0.1) is 11.6 Å². The van der Waals surface area contributed by atoms with Crippen LogP contribution in [0.1, 0.15) is 18.5 Å². The van der Waals surface area contributed by atoms with Gasteiger partial charge in [0.15, 0.2) is 0 Å². The summed E-state index contributed by atoms with van der Waals surface area (Å²) in [4.78, 5) is 1.97. The predicted octanol–water partition coefficient (Wildman–Crippen LogP) is 4.97. The first-order valence-electron chi connectivity index (χ1n) is 6.57. The maximum Gasteiger partial charge on any atom is 0.131 e. The summed E-state index contributed by atoms with van der Waals surface area (Å²) >= 11 is 3.43. The molecule has 0 radical (unpaired) electrons. The number of rotatable bonds is 4. The molecule has 2 rings (SSSR count). The minimum absolute atomic E-state index is 0.279. The zero-order valence-corrected chi connectivity index (χ0v) is 13.7. The fourth-order valence-corrected chi connectivity index (χ4v) is 2.54. The Kier molecular flexibility index (Phi) is 4.83. The van der Waals surface area contributed by atoms with E-state index in [4.69, 9.17) is 0 Å². The van der Waals surface area contributed by atoms with E-state index in [1.54, 1.807) is 0 Å². The van der Waals surface area contributed by atoms with Crippen LogP contribution in [0.15, 0.2) is 40.9 Å². The lowest BCUT2D eigenvalue weighted by Crippen LogP contribution is -2.15. The number of nitrogens with one attached hydrogen (secondary N) is 1. The summed E-state index contributed by atoms with van der Waals surface area (Å²) in [5.41, 5.74) is 2.30. The Hall–Kier alpha value is -1.62. The second kappa shape index (κ2) is 6.43. The average molecular weight is 355 g/mol. The van der Waals surface area contributed by atoms with Gasteiger partial charge in [-0.1, -0.05) is 22.0 Å². The Bertz CT molecular complexity index is 644. The van der Waals surface area contributed by atoms with Gasteiger partial charge in [-0.2, -0.15) is 0 Å². The van der Waals surface area contributed by atoms with Crippen LogP contribution in [0.2, 0.25) is 0 Å². The number of nitrogens with zero attached hydrogens (tertiary/aromatic N) is 1. The number of anilines is 2. The van der Waals surface area contributed by atoms with Gasteiger partial charge in [-0.05, 0) is 31.2 Å². The van der Waals surface area contributed by atoms with Gasteiger partial charge in [0.1, 0.15) is 11.6 Å². The van der Waals surface area contributed by atoms with E-state index in [9.17, 15) is 8.78 Å². The normalized spacial score (nSPS) is 12.1. The van der Waals surface area contributed by atoms with Crippen LogP contribution in [0.25, 0.3) is 0 Å². The molecular weight excluding hydrogens is 338 g/mol. The molecule has 0 aliphatic heterocycles. The van der Waals surface area contributed by atoms with Crippen molar-refractivity contribution in [1.82, 2.24) is 0 Å². The summed E-state index contributed by atoms with van der Waals surface area (Å²) in [6, 6.07) is 9.22. The van der Waals surface area contributed by atoms with Crippen LogP contribution in [0.5, 0.6) is 0 Å². The molecule has 0 aromatic heterocycles. The molecule has 2 nitrogen and oxygen atoms in total. The van der Waals surface area contributed by atoms with Crippen molar-refractivity contribution in [3.05, 3.63) is 58.1 Å². The molecule has 112 valence electrons. The zero-order chi connectivity index (χ0) is 15.6. The standard InChI is InChI=1S/C16H17BrF2N2/c1-10(13-6-5-12(18)9-14(13)19)20-15-8-11(17)4-7-16(15)21(2)3/h4-10,20H,1-3H3. The molecule has 2 aromatic rings. The predicted molar refractivity (Wildman–Crippen MR) is 86.9 cm³/mol. The zero-order valence-electron chi connectivity index (χ0n) is 12.1. The smallest absolute Gasteiger partial charge is 0.131 e. The molecule has 0 amide bonds. The number of benzene rings is 2. The molecule has 0 aliphatic carbocycles. The highest BCUT2D eigenvalue weighted by molar-refractivity contribution is 9.10. The summed E-state index contributed by atoms with van der Waals surface area (Å²) in [5, 5.41) is 3.28. The molecule has 0 spiro atoms. The van der Waals surface area contributed by atoms with E-state index in [0.717, 1.165) is 21.9 Å². The monoisotopic (exact) mass is 354 g/mol. The molecule has 5 heteroatoms. The van der Waals surface area contributed by atoms with E-state index in [-0.39, 0.29) is 6.04 Å². The fraction of sp³-hybridized carbons (Fsp3) is 0.250. The molecule has 0 saturated carbocycles. The van der Waals surface area contributed by atoms with E-state index in [0.29, 0.717) is 5.56 Å². The first-order valence-corrected chi connectivity index (χ1v) is 7.36. The Morgan fingerprint density at radius 2 is 1.81 bits per heavy atom. The van der Waals surface area contributed by atoms with E-state index >= 15 is 0 Å². The first-order chi connectivity index (χ1) is 9.88. The van der Waals surface area contributed by atoms with Crippen molar-refractivity contribution >= 4 is 27.3 Å². The third-order valence-corrected chi connectivity index (χ3v) is 3.73. The van der Waals surface area contributed by atoms with Crippen LogP contribution in [-0.2, 0) is 0 Å². The molecule has 1 N–H and O–H groups in total. The van der Waals surface area contributed by atoms with Crippen molar-refractivity contribution in [2.45, 2.75) is 13.0 Å². The quantitative estimate of drug-likeness (QED) is 0.833. The van der Waals surface area contributed by atoms with Gasteiger partial charge in [0.2, 0.25) is 0 Å². The van der Waals surface area contributed by atoms with Crippen molar-refractivity contribution in [2.75, 3.05) is 24.3 Å². The van der Waals surface area contributed by atoms with E-state index < -0.39 is 11.6 Å². The minimum atomic E-state index is -0.570. The van der Waals surface area contributed by atoms with E-state index in [1.165, 1.54) is 12.1 Å². The van der Waals surface area contributed by atoms with Crippen LogP contribution in [-0.4, -0.2) is 14.1 Å². The third kappa shape index (κ3) is 3.73. The molecule has 1 unspecified atom stereocenters. The van der Waals surface area contributed by atoms with Gasteiger partial charge in [-0.25, -0.2) is 8.78 Å². The molecule has 1 atom stereocenters. The molecule has 0 heterocycles. The van der Waals surface area contributed by atoms with Crippen molar-refractivity contribution in [3.8, 4) is 0 Å². The summed E-state index contributed by atoms with van der Waals surface area (Å²) in [6.45, 7) is 1.84.